The molecule has 2 atom stereocenters. The predicted octanol–water partition coefficient (Wildman–Crippen LogP) is 1.67. The van der Waals surface area contributed by atoms with Crippen molar-refractivity contribution in [1.29, 1.82) is 0 Å². The van der Waals surface area contributed by atoms with E-state index in [-0.39, 0.29) is 5.91 Å². The number of benzene rings is 1. The molecule has 0 spiro atoms. The van der Waals surface area contributed by atoms with Gasteiger partial charge in [0, 0.05) is 12.1 Å². The Kier molecular flexibility index (Phi) is 3.70. The molecule has 1 saturated carbocycles. The third-order valence-electron chi connectivity index (χ3n) is 4.02. The SMILES string of the molecule is COc1ccccc1CNC(=O)[C@H]1[C@@H](C(=O)O)C1(C)C. The van der Waals surface area contributed by atoms with Crippen LogP contribution in [0.25, 0.3) is 0 Å². The first-order valence-electron chi connectivity index (χ1n) is 6.52. The molecule has 0 heterocycles. The van der Waals surface area contributed by atoms with E-state index in [0.29, 0.717) is 12.3 Å². The predicted molar refractivity (Wildman–Crippen MR) is 73.2 cm³/mol. The number of amides is 1. The molecule has 0 aliphatic heterocycles. The van der Waals surface area contributed by atoms with Crippen molar-refractivity contribution >= 4 is 11.9 Å². The number of nitrogens with one attached hydrogen (secondary N) is 1. The van der Waals surface area contributed by atoms with E-state index < -0.39 is 23.2 Å². The van der Waals surface area contributed by atoms with Gasteiger partial charge in [-0.05, 0) is 11.5 Å². The Morgan fingerprint density at radius 1 is 1.30 bits per heavy atom. The summed E-state index contributed by atoms with van der Waals surface area (Å²) in [6.45, 7) is 3.94. The van der Waals surface area contributed by atoms with Gasteiger partial charge in [0.2, 0.25) is 5.91 Å². The largest absolute Gasteiger partial charge is 0.496 e. The van der Waals surface area contributed by atoms with Gasteiger partial charge in [0.15, 0.2) is 0 Å². The molecule has 108 valence electrons. The maximum absolute atomic E-state index is 12.1. The quantitative estimate of drug-likeness (QED) is 0.858. The normalized spacial score (nSPS) is 22.9. The highest BCUT2D eigenvalue weighted by atomic mass is 16.5. The van der Waals surface area contributed by atoms with Crippen molar-refractivity contribution in [1.82, 2.24) is 5.32 Å². The van der Waals surface area contributed by atoms with Crippen LogP contribution in [0.2, 0.25) is 0 Å². The van der Waals surface area contributed by atoms with Gasteiger partial charge in [0.25, 0.3) is 0 Å². The van der Waals surface area contributed by atoms with E-state index >= 15 is 0 Å². The van der Waals surface area contributed by atoms with Gasteiger partial charge in [-0.1, -0.05) is 32.0 Å². The van der Waals surface area contributed by atoms with Crippen molar-refractivity contribution in [2.75, 3.05) is 7.11 Å². The number of hydrogen-bond donors (Lipinski definition) is 2. The topological polar surface area (TPSA) is 75.6 Å². The summed E-state index contributed by atoms with van der Waals surface area (Å²) in [5, 5.41) is 11.9. The zero-order valence-corrected chi connectivity index (χ0v) is 11.8. The van der Waals surface area contributed by atoms with Gasteiger partial charge in [0.05, 0.1) is 18.9 Å². The number of hydrogen-bond acceptors (Lipinski definition) is 3. The average Bonchev–Trinajstić information content (AvgIpc) is 2.99. The molecule has 0 unspecified atom stereocenters. The summed E-state index contributed by atoms with van der Waals surface area (Å²) < 4.78 is 5.21. The van der Waals surface area contributed by atoms with E-state index in [1.807, 2.05) is 24.3 Å². The van der Waals surface area contributed by atoms with Crippen LogP contribution < -0.4 is 10.1 Å². The number of para-hydroxylation sites is 1. The van der Waals surface area contributed by atoms with E-state index in [1.54, 1.807) is 21.0 Å². The van der Waals surface area contributed by atoms with Crippen LogP contribution in [-0.4, -0.2) is 24.1 Å². The molecule has 0 bridgehead atoms. The molecule has 2 N–H and O–H groups in total. The van der Waals surface area contributed by atoms with Crippen LogP contribution in [0.4, 0.5) is 0 Å². The van der Waals surface area contributed by atoms with Crippen LogP contribution in [0, 0.1) is 17.3 Å². The second-order valence-electron chi connectivity index (χ2n) is 5.64. The Balaban J connectivity index is 1.99. The van der Waals surface area contributed by atoms with Crippen LogP contribution >= 0.6 is 0 Å². The first-order chi connectivity index (χ1) is 9.39. The van der Waals surface area contributed by atoms with Crippen LogP contribution in [0.5, 0.6) is 5.75 Å². The molecule has 1 fully saturated rings. The molecule has 0 aromatic heterocycles. The molecule has 0 radical (unpaired) electrons. The smallest absolute Gasteiger partial charge is 0.307 e. The molecule has 1 aromatic rings. The fourth-order valence-electron chi connectivity index (χ4n) is 2.73. The van der Waals surface area contributed by atoms with Gasteiger partial charge in [-0.2, -0.15) is 0 Å². The lowest BCUT2D eigenvalue weighted by atomic mass is 10.1. The minimum atomic E-state index is -0.910. The van der Waals surface area contributed by atoms with Crippen molar-refractivity contribution in [3.8, 4) is 5.75 Å². The Morgan fingerprint density at radius 3 is 2.50 bits per heavy atom. The fraction of sp³-hybridized carbons (Fsp3) is 0.467. The average molecular weight is 277 g/mol. The van der Waals surface area contributed by atoms with E-state index in [2.05, 4.69) is 5.32 Å². The van der Waals surface area contributed by atoms with Gasteiger partial charge in [-0.3, -0.25) is 9.59 Å². The van der Waals surface area contributed by atoms with Crippen LogP contribution in [0.3, 0.4) is 0 Å². The van der Waals surface area contributed by atoms with E-state index in [9.17, 15) is 9.59 Å². The molecule has 20 heavy (non-hydrogen) atoms. The third kappa shape index (κ3) is 2.48. The molecule has 2 rings (SSSR count). The summed E-state index contributed by atoms with van der Waals surface area (Å²) in [6.07, 6.45) is 0. The van der Waals surface area contributed by atoms with E-state index in [4.69, 9.17) is 9.84 Å². The highest BCUT2D eigenvalue weighted by Gasteiger charge is 2.65. The number of carboxylic acid groups (broad SMARTS) is 1. The van der Waals surface area contributed by atoms with Gasteiger partial charge in [0.1, 0.15) is 5.75 Å². The highest BCUT2D eigenvalue weighted by molar-refractivity contribution is 5.91. The van der Waals surface area contributed by atoms with Gasteiger partial charge >= 0.3 is 5.97 Å². The molecular weight excluding hydrogens is 258 g/mol. The number of carbonyl (C=O) groups is 2. The zero-order chi connectivity index (χ0) is 14.9. The van der Waals surface area contributed by atoms with Crippen molar-refractivity contribution in [2.24, 2.45) is 17.3 Å². The molecule has 1 aliphatic rings. The number of methoxy groups -OCH3 is 1. The van der Waals surface area contributed by atoms with Crippen molar-refractivity contribution < 1.29 is 19.4 Å². The van der Waals surface area contributed by atoms with Gasteiger partial charge in [-0.25, -0.2) is 0 Å². The zero-order valence-electron chi connectivity index (χ0n) is 11.8. The standard InChI is InChI=1S/C15H19NO4/c1-15(2)11(12(15)14(18)19)13(17)16-8-9-6-4-5-7-10(9)20-3/h4-7,11-12H,8H2,1-3H3,(H,16,17)(H,18,19)/t11-,12+/m1/s1. The molecule has 5 heteroatoms. The Morgan fingerprint density at radius 2 is 1.95 bits per heavy atom. The second-order valence-corrected chi connectivity index (χ2v) is 5.64. The molecular formula is C15H19NO4. The molecule has 1 aromatic carbocycles. The van der Waals surface area contributed by atoms with Crippen LogP contribution in [0.15, 0.2) is 24.3 Å². The van der Waals surface area contributed by atoms with Crippen molar-refractivity contribution in [2.45, 2.75) is 20.4 Å². The van der Waals surface area contributed by atoms with Crippen molar-refractivity contribution in [3.05, 3.63) is 29.8 Å². The van der Waals surface area contributed by atoms with Gasteiger partial charge < -0.3 is 15.2 Å². The number of carboxylic acids is 1. The summed E-state index contributed by atoms with van der Waals surface area (Å²) in [5.41, 5.74) is 0.394. The Labute approximate surface area is 117 Å². The van der Waals surface area contributed by atoms with E-state index in [1.165, 1.54) is 0 Å². The molecule has 5 nitrogen and oxygen atoms in total. The fourth-order valence-corrected chi connectivity index (χ4v) is 2.73. The highest BCUT2D eigenvalue weighted by Crippen LogP contribution is 2.58. The monoisotopic (exact) mass is 277 g/mol. The lowest BCUT2D eigenvalue weighted by Gasteiger charge is -2.10. The first-order valence-corrected chi connectivity index (χ1v) is 6.52. The number of rotatable bonds is 5. The maximum Gasteiger partial charge on any atom is 0.307 e. The van der Waals surface area contributed by atoms with E-state index in [0.717, 1.165) is 5.56 Å². The third-order valence-corrected chi connectivity index (χ3v) is 4.02. The molecule has 0 saturated heterocycles. The summed E-state index contributed by atoms with van der Waals surface area (Å²) >= 11 is 0. The summed E-state index contributed by atoms with van der Waals surface area (Å²) in [6, 6.07) is 7.41. The summed E-state index contributed by atoms with van der Waals surface area (Å²) in [4.78, 5) is 23.2. The lowest BCUT2D eigenvalue weighted by molar-refractivity contribution is -0.140. The summed E-state index contributed by atoms with van der Waals surface area (Å²) in [5.74, 6) is -1.48. The Bertz CT molecular complexity index is 538. The Hall–Kier alpha value is -2.04. The van der Waals surface area contributed by atoms with Crippen LogP contribution in [-0.2, 0) is 16.1 Å². The molecule has 1 amide bonds. The number of carbonyl (C=O) groups excluding carboxylic acids is 1. The summed E-state index contributed by atoms with van der Waals surface area (Å²) in [7, 11) is 1.57. The second kappa shape index (κ2) is 5.15. The van der Waals surface area contributed by atoms with Crippen molar-refractivity contribution in [3.63, 3.8) is 0 Å². The lowest BCUT2D eigenvalue weighted by Crippen LogP contribution is -2.27. The van der Waals surface area contributed by atoms with Gasteiger partial charge in [-0.15, -0.1) is 0 Å². The minimum Gasteiger partial charge on any atom is -0.496 e. The minimum absolute atomic E-state index is 0.215. The maximum atomic E-state index is 12.1. The first kappa shape index (κ1) is 14.4. The molecule has 1 aliphatic carbocycles. The number of ether oxygens (including phenoxy) is 1. The number of aliphatic carboxylic acids is 1. The van der Waals surface area contributed by atoms with Crippen LogP contribution in [0.1, 0.15) is 19.4 Å².